The van der Waals surface area contributed by atoms with Crippen LogP contribution in [0.4, 0.5) is 10.5 Å². The highest BCUT2D eigenvalue weighted by atomic mass is 35.5. The lowest BCUT2D eigenvalue weighted by molar-refractivity contribution is -0.117. The number of benzene rings is 2. The zero-order chi connectivity index (χ0) is 22.4. The lowest BCUT2D eigenvalue weighted by Gasteiger charge is -2.34. The topological polar surface area (TPSA) is 80.0 Å². The molecule has 0 radical (unpaired) electrons. The largest absolute Gasteiger partial charge is 0.340 e. The van der Waals surface area contributed by atoms with Crippen molar-refractivity contribution < 1.29 is 9.59 Å². The van der Waals surface area contributed by atoms with Crippen molar-refractivity contribution in [2.24, 2.45) is 0 Å². The van der Waals surface area contributed by atoms with E-state index in [0.29, 0.717) is 5.02 Å². The molecule has 3 aliphatic heterocycles. The number of aryl methyl sites for hydroxylation is 1. The highest BCUT2D eigenvalue weighted by Gasteiger charge is 2.48. The van der Waals surface area contributed by atoms with Gasteiger partial charge in [-0.3, -0.25) is 9.69 Å². The summed E-state index contributed by atoms with van der Waals surface area (Å²) in [6, 6.07) is 13.4. The van der Waals surface area contributed by atoms with E-state index in [-0.39, 0.29) is 36.7 Å². The number of amides is 3. The molecule has 0 aromatic heterocycles. The molecule has 3 atom stereocenters. The Hall–Kier alpha value is -3.07. The molecule has 0 spiro atoms. The molecule has 3 unspecified atom stereocenters. The number of nitrogens with one attached hydrogen (secondary N) is 3. The van der Waals surface area contributed by atoms with E-state index in [1.165, 1.54) is 5.01 Å². The van der Waals surface area contributed by atoms with E-state index in [4.69, 9.17) is 11.6 Å². The molecule has 9 heteroatoms. The quantitative estimate of drug-likeness (QED) is 0.663. The van der Waals surface area contributed by atoms with Crippen LogP contribution in [0.1, 0.15) is 29.2 Å². The first kappa shape index (κ1) is 20.8. The Morgan fingerprint density at radius 2 is 1.91 bits per heavy atom. The molecule has 8 nitrogen and oxygen atoms in total. The summed E-state index contributed by atoms with van der Waals surface area (Å²) in [6.45, 7) is 3.89. The van der Waals surface area contributed by atoms with Gasteiger partial charge >= 0.3 is 6.03 Å². The maximum Gasteiger partial charge on any atom is 0.340 e. The van der Waals surface area contributed by atoms with E-state index >= 15 is 0 Å². The van der Waals surface area contributed by atoms with Crippen LogP contribution < -0.4 is 16.2 Å². The maximum absolute atomic E-state index is 12.9. The monoisotopic (exact) mass is 452 g/mol. The first-order valence-corrected chi connectivity index (χ1v) is 11.0. The van der Waals surface area contributed by atoms with Gasteiger partial charge in [0.1, 0.15) is 12.7 Å². The molecule has 2 aromatic rings. The number of carbonyl (C=O) groups excluding carboxylic acids is 2. The predicted octanol–water partition coefficient (Wildman–Crippen LogP) is 3.27. The summed E-state index contributed by atoms with van der Waals surface area (Å²) in [5.74, 6) is -0.246. The summed E-state index contributed by atoms with van der Waals surface area (Å²) in [4.78, 5) is 27.2. The van der Waals surface area contributed by atoms with Crippen LogP contribution in [0.15, 0.2) is 54.9 Å². The fourth-order valence-electron chi connectivity index (χ4n) is 4.46. The van der Waals surface area contributed by atoms with Crippen LogP contribution in [-0.2, 0) is 4.79 Å². The number of fused-ring (bicyclic) bond motifs is 3. The van der Waals surface area contributed by atoms with Gasteiger partial charge in [0.15, 0.2) is 0 Å². The SMILES string of the molecule is Cc1cccc(NC(=O)CN2NC3C4CC(c5ccc(Cl)cc5)NN4C=CN3C2=O)c1C. The van der Waals surface area contributed by atoms with Crippen molar-refractivity contribution >= 4 is 29.2 Å². The Bertz CT molecular complexity index is 1090. The molecule has 32 heavy (non-hydrogen) atoms. The zero-order valence-corrected chi connectivity index (χ0v) is 18.6. The van der Waals surface area contributed by atoms with Gasteiger partial charge in [-0.25, -0.2) is 20.7 Å². The minimum Gasteiger partial charge on any atom is -0.324 e. The molecule has 3 amide bonds. The summed E-state index contributed by atoms with van der Waals surface area (Å²) in [7, 11) is 0. The fraction of sp³-hybridized carbons (Fsp3) is 0.304. The number of rotatable bonds is 4. The average molecular weight is 453 g/mol. The number of urea groups is 1. The molecule has 3 N–H and O–H groups in total. The van der Waals surface area contributed by atoms with Crippen molar-refractivity contribution in [3.8, 4) is 0 Å². The van der Waals surface area contributed by atoms with Crippen LogP contribution >= 0.6 is 11.6 Å². The Labute approximate surface area is 191 Å². The van der Waals surface area contributed by atoms with E-state index in [0.717, 1.165) is 28.8 Å². The van der Waals surface area contributed by atoms with E-state index in [1.807, 2.05) is 67.5 Å². The minimum atomic E-state index is -0.259. The average Bonchev–Trinajstić information content (AvgIpc) is 3.34. The summed E-state index contributed by atoms with van der Waals surface area (Å²) >= 11 is 6.02. The molecular formula is C23H25ClN6O2. The Kier molecular flexibility index (Phi) is 5.28. The third-order valence-electron chi connectivity index (χ3n) is 6.38. The van der Waals surface area contributed by atoms with Gasteiger partial charge in [0.25, 0.3) is 0 Å². The lowest BCUT2D eigenvalue weighted by Crippen LogP contribution is -2.54. The van der Waals surface area contributed by atoms with Gasteiger partial charge in [0.2, 0.25) is 5.91 Å². The third-order valence-corrected chi connectivity index (χ3v) is 6.64. The first-order chi connectivity index (χ1) is 15.4. The number of hydrogen-bond acceptors (Lipinski definition) is 5. The van der Waals surface area contributed by atoms with Crippen LogP contribution in [-0.4, -0.2) is 45.6 Å². The molecule has 166 valence electrons. The van der Waals surface area contributed by atoms with Crippen molar-refractivity contribution in [3.05, 3.63) is 76.6 Å². The smallest absolute Gasteiger partial charge is 0.324 e. The standard InChI is InChI=1S/C23H25ClN6O2/c1-14-4-3-5-18(15(14)2)25-21(31)13-30-23(32)28-10-11-29-20(22(28)27-30)12-19(26-29)16-6-8-17(24)9-7-16/h3-11,19-20,22,26-27H,12-13H2,1-2H3,(H,25,31). The summed E-state index contributed by atoms with van der Waals surface area (Å²) in [6.07, 6.45) is 4.16. The van der Waals surface area contributed by atoms with Crippen molar-refractivity contribution in [3.63, 3.8) is 0 Å². The Morgan fingerprint density at radius 3 is 2.69 bits per heavy atom. The summed E-state index contributed by atoms with van der Waals surface area (Å²) < 4.78 is 0. The van der Waals surface area contributed by atoms with Gasteiger partial charge in [-0.1, -0.05) is 35.9 Å². The van der Waals surface area contributed by atoms with Gasteiger partial charge in [0, 0.05) is 23.1 Å². The number of anilines is 1. The number of halogens is 1. The summed E-state index contributed by atoms with van der Waals surface area (Å²) in [5.41, 5.74) is 10.7. The van der Waals surface area contributed by atoms with Crippen molar-refractivity contribution in [1.29, 1.82) is 0 Å². The molecular weight excluding hydrogens is 428 g/mol. The molecule has 0 bridgehead atoms. The summed E-state index contributed by atoms with van der Waals surface area (Å²) in [5, 5.41) is 7.03. The molecule has 0 aliphatic carbocycles. The van der Waals surface area contributed by atoms with Gasteiger partial charge in [-0.15, -0.1) is 0 Å². The van der Waals surface area contributed by atoms with Crippen LogP contribution in [0.25, 0.3) is 0 Å². The second kappa shape index (κ2) is 8.12. The Balaban J connectivity index is 1.26. The Morgan fingerprint density at radius 1 is 1.12 bits per heavy atom. The molecule has 3 heterocycles. The van der Waals surface area contributed by atoms with E-state index in [9.17, 15) is 9.59 Å². The number of nitrogens with zero attached hydrogens (tertiary/aromatic N) is 3. The van der Waals surface area contributed by atoms with Crippen molar-refractivity contribution in [2.45, 2.75) is 38.5 Å². The molecule has 2 aromatic carbocycles. The highest BCUT2D eigenvalue weighted by Crippen LogP contribution is 2.35. The van der Waals surface area contributed by atoms with E-state index in [2.05, 4.69) is 16.2 Å². The number of hydrazine groups is 2. The second-order valence-electron chi connectivity index (χ2n) is 8.39. The van der Waals surface area contributed by atoms with Crippen molar-refractivity contribution in [2.75, 3.05) is 11.9 Å². The van der Waals surface area contributed by atoms with Crippen LogP contribution in [0, 0.1) is 13.8 Å². The number of carbonyl (C=O) groups is 2. The molecule has 0 saturated carbocycles. The normalized spacial score (nSPS) is 24.0. The van der Waals surface area contributed by atoms with E-state index < -0.39 is 0 Å². The van der Waals surface area contributed by atoms with Crippen molar-refractivity contribution in [1.82, 2.24) is 25.8 Å². The van der Waals surface area contributed by atoms with Gasteiger partial charge < -0.3 is 10.3 Å². The minimum absolute atomic E-state index is 0.0247. The van der Waals surface area contributed by atoms with Gasteiger partial charge in [0.05, 0.1) is 12.1 Å². The molecule has 2 saturated heterocycles. The third kappa shape index (κ3) is 3.70. The zero-order valence-electron chi connectivity index (χ0n) is 17.9. The maximum atomic E-state index is 12.9. The first-order valence-electron chi connectivity index (χ1n) is 10.6. The van der Waals surface area contributed by atoms with Gasteiger partial charge in [-0.05, 0) is 55.2 Å². The van der Waals surface area contributed by atoms with Gasteiger partial charge in [-0.2, -0.15) is 0 Å². The van der Waals surface area contributed by atoms with Crippen LogP contribution in [0.3, 0.4) is 0 Å². The van der Waals surface area contributed by atoms with Crippen LogP contribution in [0.2, 0.25) is 5.02 Å². The predicted molar refractivity (Wildman–Crippen MR) is 122 cm³/mol. The van der Waals surface area contributed by atoms with E-state index in [1.54, 1.807) is 11.1 Å². The lowest BCUT2D eigenvalue weighted by atomic mass is 10.00. The number of hydrogen-bond donors (Lipinski definition) is 3. The molecule has 3 aliphatic rings. The highest BCUT2D eigenvalue weighted by molar-refractivity contribution is 6.30. The van der Waals surface area contributed by atoms with Crippen LogP contribution in [0.5, 0.6) is 0 Å². The molecule has 2 fully saturated rings. The second-order valence-corrected chi connectivity index (χ2v) is 8.82. The molecule has 5 rings (SSSR count). The fourth-order valence-corrected chi connectivity index (χ4v) is 4.59.